The molecule has 5 atom stereocenters. The van der Waals surface area contributed by atoms with Crippen molar-refractivity contribution in [2.24, 2.45) is 28.7 Å². The fraction of sp³-hybridized carbons (Fsp3) is 0.538. The molecule has 0 fully saturated rings. The van der Waals surface area contributed by atoms with Gasteiger partial charge in [0.15, 0.2) is 0 Å². The van der Waals surface area contributed by atoms with E-state index in [4.69, 9.17) is 54.2 Å². The van der Waals surface area contributed by atoms with Gasteiger partial charge in [-0.2, -0.15) is 11.8 Å². The van der Waals surface area contributed by atoms with Gasteiger partial charge < -0.3 is 59.2 Å². The predicted octanol–water partition coefficient (Wildman–Crippen LogP) is -0.420. The van der Waals surface area contributed by atoms with E-state index in [0.29, 0.717) is 25.8 Å². The highest BCUT2D eigenvalue weighted by Gasteiger charge is 2.16. The summed E-state index contributed by atoms with van der Waals surface area (Å²) in [5, 5.41) is 42.9. The lowest BCUT2D eigenvalue weighted by Gasteiger charge is -2.06. The number of carboxylic acid groups (broad SMARTS) is 4. The van der Waals surface area contributed by atoms with Gasteiger partial charge in [-0.05, 0) is 56.4 Å². The Balaban J connectivity index is 0. The maximum Gasteiger partial charge on any atom is 0.323 e. The summed E-state index contributed by atoms with van der Waals surface area (Å²) >= 11 is 1.60. The minimum atomic E-state index is -1.18. The number of aromatic amines is 1. The molecule has 1 aromatic heterocycles. The number of aliphatic hydroxyl groups is 1. The smallest absolute Gasteiger partial charge is 0.323 e. The lowest BCUT2D eigenvalue weighted by atomic mass is 10.1. The zero-order valence-corrected chi connectivity index (χ0v) is 24.7. The Hall–Kier alpha value is -3.25. The van der Waals surface area contributed by atoms with Gasteiger partial charge in [0.05, 0.1) is 6.10 Å². The molecular weight excluding hydrogens is 572 g/mol. The van der Waals surface area contributed by atoms with E-state index in [2.05, 4.69) is 4.98 Å². The molecule has 0 saturated heterocycles. The van der Waals surface area contributed by atoms with E-state index in [-0.39, 0.29) is 0 Å². The van der Waals surface area contributed by atoms with Crippen LogP contribution in [0, 0.1) is 0 Å². The Labute approximate surface area is 248 Å². The Kier molecular flexibility index (Phi) is 22.7. The number of fused-ring (bicyclic) bond motifs is 1. The number of hydrogen-bond donors (Lipinski definition) is 11. The van der Waals surface area contributed by atoms with Crippen molar-refractivity contribution in [3.05, 3.63) is 36.0 Å². The van der Waals surface area contributed by atoms with Crippen LogP contribution in [-0.4, -0.2) is 103 Å². The Morgan fingerprint density at radius 3 is 1.79 bits per heavy atom. The summed E-state index contributed by atoms with van der Waals surface area (Å²) in [6.45, 7) is 1.94. The van der Waals surface area contributed by atoms with Crippen molar-refractivity contribution in [1.82, 2.24) is 4.98 Å². The quantitative estimate of drug-likeness (QED) is 0.120. The van der Waals surface area contributed by atoms with Crippen LogP contribution in [0.15, 0.2) is 30.5 Å². The summed E-state index contributed by atoms with van der Waals surface area (Å²) < 4.78 is 0. The lowest BCUT2D eigenvalue weighted by Crippen LogP contribution is -2.39. The highest BCUT2D eigenvalue weighted by molar-refractivity contribution is 7.98. The first-order valence-corrected chi connectivity index (χ1v) is 14.3. The number of thioether (sulfide) groups is 1. The molecule has 240 valence electrons. The first-order chi connectivity index (χ1) is 19.6. The highest BCUT2D eigenvalue weighted by atomic mass is 32.2. The van der Waals surface area contributed by atoms with E-state index in [1.54, 1.807) is 11.8 Å². The molecule has 0 bridgehead atoms. The van der Waals surface area contributed by atoms with Crippen LogP contribution in [0.2, 0.25) is 0 Å². The van der Waals surface area contributed by atoms with E-state index in [1.807, 2.05) is 36.7 Å². The van der Waals surface area contributed by atoms with Crippen molar-refractivity contribution in [1.29, 1.82) is 0 Å². The maximum atomic E-state index is 10.6. The van der Waals surface area contributed by atoms with Crippen molar-refractivity contribution < 1.29 is 44.7 Å². The monoisotopic (exact) mass is 618 g/mol. The number of aliphatic carboxylic acids is 4. The summed E-state index contributed by atoms with van der Waals surface area (Å²) in [5.41, 5.74) is 28.0. The average molecular weight is 619 g/mol. The number of aliphatic hydroxyl groups excluding tert-OH is 1. The SMILES string of the molecule is CC(O)C(N)C(=O)O.CSCCC(N)C(=O)O.NC(Cc1c[nH]c2ccccc12)C(=O)O.NCCCCC(N)C(=O)O. The van der Waals surface area contributed by atoms with Crippen LogP contribution in [0.3, 0.4) is 0 Å². The van der Waals surface area contributed by atoms with Gasteiger partial charge in [-0.1, -0.05) is 24.6 Å². The van der Waals surface area contributed by atoms with Crippen LogP contribution < -0.4 is 28.7 Å². The number of nitrogens with one attached hydrogen (secondary N) is 1. The van der Waals surface area contributed by atoms with Crippen molar-refractivity contribution in [3.8, 4) is 0 Å². The normalized spacial score (nSPS) is 13.8. The molecule has 15 nitrogen and oxygen atoms in total. The van der Waals surface area contributed by atoms with Gasteiger partial charge in [0.2, 0.25) is 0 Å². The topological polar surface area (TPSA) is 315 Å². The first-order valence-electron chi connectivity index (χ1n) is 13.0. The molecule has 0 aliphatic heterocycles. The minimum absolute atomic E-state index is 0.347. The van der Waals surface area contributed by atoms with Gasteiger partial charge in [-0.3, -0.25) is 19.2 Å². The number of carbonyl (C=O) groups is 4. The van der Waals surface area contributed by atoms with Crippen molar-refractivity contribution in [2.75, 3.05) is 18.6 Å². The third kappa shape index (κ3) is 19.0. The fourth-order valence-corrected chi connectivity index (χ4v) is 3.32. The molecule has 2 aromatic rings. The van der Waals surface area contributed by atoms with Gasteiger partial charge in [0.1, 0.15) is 24.2 Å². The van der Waals surface area contributed by atoms with E-state index in [1.165, 1.54) is 6.92 Å². The van der Waals surface area contributed by atoms with Gasteiger partial charge in [-0.15, -0.1) is 0 Å². The predicted molar refractivity (Wildman–Crippen MR) is 162 cm³/mol. The third-order valence-corrected chi connectivity index (χ3v) is 6.12. The molecule has 1 aromatic carbocycles. The van der Waals surface area contributed by atoms with E-state index >= 15 is 0 Å². The summed E-state index contributed by atoms with van der Waals surface area (Å²) in [4.78, 5) is 43.8. The number of carboxylic acids is 4. The average Bonchev–Trinajstić information content (AvgIpc) is 3.34. The zero-order valence-electron chi connectivity index (χ0n) is 23.9. The van der Waals surface area contributed by atoms with E-state index in [9.17, 15) is 19.2 Å². The fourth-order valence-electron chi connectivity index (χ4n) is 2.83. The van der Waals surface area contributed by atoms with Gasteiger partial charge >= 0.3 is 23.9 Å². The van der Waals surface area contributed by atoms with Crippen molar-refractivity contribution in [2.45, 2.75) is 69.3 Å². The minimum Gasteiger partial charge on any atom is -0.480 e. The van der Waals surface area contributed by atoms with Gasteiger partial charge in [-0.25, -0.2) is 0 Å². The Morgan fingerprint density at radius 2 is 1.36 bits per heavy atom. The Morgan fingerprint density at radius 1 is 0.833 bits per heavy atom. The molecular formula is C26H46N6O9S. The second-order valence-corrected chi connectivity index (χ2v) is 10.1. The molecule has 5 unspecified atom stereocenters. The molecule has 2 rings (SSSR count). The van der Waals surface area contributed by atoms with Crippen LogP contribution in [-0.2, 0) is 25.6 Å². The number of rotatable bonds is 14. The molecule has 42 heavy (non-hydrogen) atoms. The van der Waals surface area contributed by atoms with E-state index in [0.717, 1.165) is 35.1 Å². The van der Waals surface area contributed by atoms with E-state index < -0.39 is 54.1 Å². The maximum absolute atomic E-state index is 10.6. The summed E-state index contributed by atoms with van der Waals surface area (Å²) in [5.74, 6) is -3.19. The standard InChI is InChI=1S/C11H12N2O2.C6H14N2O2.C5H11NO2S.C4H9NO3/c12-9(11(14)15)5-7-6-13-10-4-2-1-3-8(7)10;7-4-2-1-3-5(8)6(9)10;1-9-3-2-4(6)5(7)8;1-2(6)3(5)4(7)8/h1-4,6,9,13H,5,12H2,(H,14,15);5H,1-4,7-8H2,(H,9,10);4H,2-3,6H2,1H3,(H,7,8);2-3,6H,5H2,1H3,(H,7,8). The second-order valence-electron chi connectivity index (χ2n) is 9.07. The van der Waals surface area contributed by atoms with Crippen LogP contribution >= 0.6 is 11.8 Å². The van der Waals surface area contributed by atoms with Crippen LogP contribution in [0.25, 0.3) is 10.9 Å². The van der Waals surface area contributed by atoms with Crippen LogP contribution in [0.1, 0.15) is 38.2 Å². The number of para-hydroxylation sites is 1. The number of nitrogens with two attached hydrogens (primary N) is 5. The highest BCUT2D eigenvalue weighted by Crippen LogP contribution is 2.18. The molecule has 0 aliphatic carbocycles. The van der Waals surface area contributed by atoms with Gasteiger partial charge in [0, 0.05) is 23.5 Å². The molecule has 16 N–H and O–H groups in total. The summed E-state index contributed by atoms with van der Waals surface area (Å²) in [7, 11) is 0. The van der Waals surface area contributed by atoms with Crippen LogP contribution in [0.5, 0.6) is 0 Å². The second kappa shape index (κ2) is 23.3. The zero-order chi connectivity index (χ0) is 32.8. The number of benzene rings is 1. The van der Waals surface area contributed by atoms with Crippen molar-refractivity contribution >= 4 is 46.5 Å². The summed E-state index contributed by atoms with van der Waals surface area (Å²) in [6.07, 6.45) is 5.82. The molecule has 0 amide bonds. The molecule has 0 saturated carbocycles. The molecule has 0 radical (unpaired) electrons. The lowest BCUT2D eigenvalue weighted by molar-refractivity contribution is -0.141. The number of aromatic nitrogens is 1. The number of hydrogen-bond acceptors (Lipinski definition) is 11. The Bertz CT molecular complexity index is 1070. The number of unbranched alkanes of at least 4 members (excludes halogenated alkanes) is 1. The van der Waals surface area contributed by atoms with Crippen molar-refractivity contribution in [3.63, 3.8) is 0 Å². The third-order valence-electron chi connectivity index (χ3n) is 5.47. The van der Waals surface area contributed by atoms with Crippen LogP contribution in [0.4, 0.5) is 0 Å². The molecule has 0 aliphatic rings. The number of H-pyrrole nitrogens is 1. The molecule has 0 spiro atoms. The first kappa shape index (κ1) is 40.9. The molecule has 1 heterocycles. The largest absolute Gasteiger partial charge is 0.480 e. The summed E-state index contributed by atoms with van der Waals surface area (Å²) in [6, 6.07) is 4.36. The molecule has 16 heteroatoms. The van der Waals surface area contributed by atoms with Gasteiger partial charge in [0.25, 0.3) is 0 Å².